The molecule has 0 spiro atoms. The molecule has 0 radical (unpaired) electrons. The van der Waals surface area contributed by atoms with Gasteiger partial charge in [-0.05, 0) is 12.1 Å². The number of hydrogen-bond acceptors (Lipinski definition) is 8. The van der Waals surface area contributed by atoms with Gasteiger partial charge in [0.25, 0.3) is 5.56 Å². The molecule has 0 bridgehead atoms. The molecule has 0 amide bonds. The molecule has 0 saturated carbocycles. The van der Waals surface area contributed by atoms with Crippen molar-refractivity contribution < 1.29 is 19.0 Å². The quantitative estimate of drug-likeness (QED) is 0.505. The van der Waals surface area contributed by atoms with E-state index in [1.54, 1.807) is 12.1 Å². The Morgan fingerprint density at radius 3 is 2.46 bits per heavy atom. The average molecular weight is 447 g/mol. The molecule has 2 rings (SSSR count). The van der Waals surface area contributed by atoms with E-state index in [-0.39, 0.29) is 41.5 Å². The minimum absolute atomic E-state index is 0.0394. The van der Waals surface area contributed by atoms with Crippen LogP contribution in [0.5, 0.6) is 11.5 Å². The smallest absolute Gasteiger partial charge is 0.302 e. The third-order valence-corrected chi connectivity index (χ3v) is 4.29. The van der Waals surface area contributed by atoms with Gasteiger partial charge in [0.1, 0.15) is 42.3 Å². The summed E-state index contributed by atoms with van der Waals surface area (Å²) < 4.78 is 16.1. The lowest BCUT2D eigenvalue weighted by Gasteiger charge is -2.16. The number of nitriles is 2. The van der Waals surface area contributed by atoms with Gasteiger partial charge in [-0.25, -0.2) is 0 Å². The number of carbonyl (C=O) groups excluding carboxylic acids is 1. The highest BCUT2D eigenvalue weighted by Gasteiger charge is 2.22. The molecule has 0 atom stereocenters. The molecule has 0 fully saturated rings. The second kappa shape index (κ2) is 8.93. The first kappa shape index (κ1) is 20.8. The number of aromatic amines is 1. The zero-order valence-electron chi connectivity index (χ0n) is 15.0. The van der Waals surface area contributed by atoms with Gasteiger partial charge < -0.3 is 24.9 Å². The number of rotatable bonds is 6. The molecule has 0 saturated heterocycles. The van der Waals surface area contributed by atoms with Crippen LogP contribution in [0.2, 0.25) is 0 Å². The molecule has 144 valence electrons. The standard InChI is InChI=1S/C18H15BrN4O5/c1-9(24)27-3-4-28-15-6-13(19)10(5-14(15)26-2)16-11(7-20)17(22)23-18(25)12(16)8-21/h5-6H,3-4H2,1-2H3,(H3,22,23,25). The van der Waals surface area contributed by atoms with Crippen molar-refractivity contribution in [3.05, 3.63) is 38.1 Å². The Hall–Kier alpha value is -3.50. The number of nitrogens with one attached hydrogen (secondary N) is 1. The second-order valence-electron chi connectivity index (χ2n) is 5.39. The minimum atomic E-state index is -0.707. The summed E-state index contributed by atoms with van der Waals surface area (Å²) in [6, 6.07) is 6.78. The van der Waals surface area contributed by atoms with Gasteiger partial charge in [0.05, 0.1) is 7.11 Å². The van der Waals surface area contributed by atoms with Crippen molar-refractivity contribution >= 4 is 27.7 Å². The fourth-order valence-corrected chi connectivity index (χ4v) is 2.97. The molecule has 1 aromatic heterocycles. The van der Waals surface area contributed by atoms with Crippen LogP contribution in [0.3, 0.4) is 0 Å². The van der Waals surface area contributed by atoms with Crippen molar-refractivity contribution in [3.8, 4) is 34.8 Å². The lowest BCUT2D eigenvalue weighted by molar-refractivity contribution is -0.141. The van der Waals surface area contributed by atoms with Crippen molar-refractivity contribution in [1.29, 1.82) is 10.5 Å². The summed E-state index contributed by atoms with van der Waals surface area (Å²) in [5, 5.41) is 18.9. The van der Waals surface area contributed by atoms with E-state index in [1.165, 1.54) is 20.1 Å². The Morgan fingerprint density at radius 1 is 1.21 bits per heavy atom. The average Bonchev–Trinajstić information content (AvgIpc) is 2.64. The number of pyridine rings is 1. The summed E-state index contributed by atoms with van der Waals surface area (Å²) >= 11 is 3.36. The molecule has 10 heteroatoms. The number of anilines is 1. The van der Waals surface area contributed by atoms with Crippen LogP contribution in [-0.4, -0.2) is 31.3 Å². The summed E-state index contributed by atoms with van der Waals surface area (Å²) in [5.74, 6) is 0.0499. The van der Waals surface area contributed by atoms with Crippen molar-refractivity contribution in [1.82, 2.24) is 4.98 Å². The molecule has 1 heterocycles. The van der Waals surface area contributed by atoms with E-state index in [2.05, 4.69) is 20.9 Å². The number of aromatic nitrogens is 1. The molecule has 1 aromatic carbocycles. The van der Waals surface area contributed by atoms with Crippen LogP contribution < -0.4 is 20.8 Å². The Kier molecular flexibility index (Phi) is 6.64. The van der Waals surface area contributed by atoms with Gasteiger partial charge in [0.2, 0.25) is 0 Å². The van der Waals surface area contributed by atoms with Crippen molar-refractivity contribution in [2.75, 3.05) is 26.1 Å². The minimum Gasteiger partial charge on any atom is -0.493 e. The van der Waals surface area contributed by atoms with Crippen molar-refractivity contribution in [2.45, 2.75) is 6.92 Å². The van der Waals surface area contributed by atoms with E-state index in [1.807, 2.05) is 6.07 Å². The number of benzene rings is 1. The molecular weight excluding hydrogens is 432 g/mol. The van der Waals surface area contributed by atoms with Gasteiger partial charge in [0.15, 0.2) is 11.5 Å². The molecular formula is C18H15BrN4O5. The number of hydrogen-bond donors (Lipinski definition) is 2. The first-order valence-corrected chi connectivity index (χ1v) is 8.63. The van der Waals surface area contributed by atoms with E-state index in [0.717, 1.165) is 0 Å². The molecule has 0 aliphatic heterocycles. The second-order valence-corrected chi connectivity index (χ2v) is 6.24. The number of halogens is 1. The monoisotopic (exact) mass is 446 g/mol. The van der Waals surface area contributed by atoms with Crippen LogP contribution in [0.25, 0.3) is 11.1 Å². The molecule has 9 nitrogen and oxygen atoms in total. The molecule has 3 N–H and O–H groups in total. The molecule has 2 aromatic rings. The third kappa shape index (κ3) is 4.24. The lowest BCUT2D eigenvalue weighted by Crippen LogP contribution is -2.16. The lowest BCUT2D eigenvalue weighted by atomic mass is 9.96. The van der Waals surface area contributed by atoms with Crippen LogP contribution in [-0.2, 0) is 9.53 Å². The molecule has 0 aliphatic carbocycles. The van der Waals surface area contributed by atoms with Gasteiger partial charge in [-0.2, -0.15) is 10.5 Å². The topological polar surface area (TPSA) is 151 Å². The van der Waals surface area contributed by atoms with Crippen LogP contribution in [0.4, 0.5) is 5.82 Å². The van der Waals surface area contributed by atoms with Crippen molar-refractivity contribution in [3.63, 3.8) is 0 Å². The number of carbonyl (C=O) groups is 1. The van der Waals surface area contributed by atoms with Gasteiger partial charge in [-0.15, -0.1) is 0 Å². The first-order valence-electron chi connectivity index (χ1n) is 7.84. The Morgan fingerprint density at radius 2 is 1.89 bits per heavy atom. The highest BCUT2D eigenvalue weighted by atomic mass is 79.9. The fourth-order valence-electron chi connectivity index (χ4n) is 2.45. The van der Waals surface area contributed by atoms with Crippen LogP contribution in [0.15, 0.2) is 21.4 Å². The van der Waals surface area contributed by atoms with Gasteiger partial charge in [-0.1, -0.05) is 15.9 Å². The summed E-state index contributed by atoms with van der Waals surface area (Å²) in [6.07, 6.45) is 0. The number of nitrogens with two attached hydrogens (primary N) is 1. The first-order chi connectivity index (χ1) is 13.3. The number of ether oxygens (including phenoxy) is 3. The summed E-state index contributed by atoms with van der Waals surface area (Å²) in [7, 11) is 1.41. The molecule has 0 aliphatic rings. The number of methoxy groups -OCH3 is 1. The largest absolute Gasteiger partial charge is 0.493 e. The maximum Gasteiger partial charge on any atom is 0.302 e. The van der Waals surface area contributed by atoms with Gasteiger partial charge in [-0.3, -0.25) is 9.59 Å². The summed E-state index contributed by atoms with van der Waals surface area (Å²) in [5.41, 5.74) is 5.19. The maximum absolute atomic E-state index is 12.1. The SMILES string of the molecule is COc1cc(-c2c(C#N)c(N)[nH]c(=O)c2C#N)c(Br)cc1OCCOC(C)=O. The predicted molar refractivity (Wildman–Crippen MR) is 103 cm³/mol. The van der Waals surface area contributed by atoms with E-state index in [9.17, 15) is 20.1 Å². The van der Waals surface area contributed by atoms with E-state index < -0.39 is 11.5 Å². The van der Waals surface area contributed by atoms with Gasteiger partial charge >= 0.3 is 5.97 Å². The van der Waals surface area contributed by atoms with Crippen LogP contribution >= 0.6 is 15.9 Å². The van der Waals surface area contributed by atoms with Crippen LogP contribution in [0.1, 0.15) is 18.1 Å². The maximum atomic E-state index is 12.1. The zero-order valence-corrected chi connectivity index (χ0v) is 16.5. The highest BCUT2D eigenvalue weighted by molar-refractivity contribution is 9.10. The number of H-pyrrole nitrogens is 1. The molecule has 28 heavy (non-hydrogen) atoms. The number of nitrogen functional groups attached to an aromatic ring is 1. The van der Waals surface area contributed by atoms with Crippen LogP contribution in [0, 0.1) is 22.7 Å². The predicted octanol–water partition coefficient (Wildman–Crippen LogP) is 2.08. The highest BCUT2D eigenvalue weighted by Crippen LogP contribution is 2.41. The number of nitrogens with zero attached hydrogens (tertiary/aromatic N) is 2. The summed E-state index contributed by atoms with van der Waals surface area (Å²) in [4.78, 5) is 25.2. The third-order valence-electron chi connectivity index (χ3n) is 3.64. The fraction of sp³-hybridized carbons (Fsp3) is 0.222. The molecule has 0 unspecified atom stereocenters. The van der Waals surface area contributed by atoms with Crippen molar-refractivity contribution in [2.24, 2.45) is 0 Å². The zero-order chi connectivity index (χ0) is 20.8. The van der Waals surface area contributed by atoms with E-state index in [4.69, 9.17) is 19.9 Å². The Balaban J connectivity index is 2.58. The Bertz CT molecular complexity index is 1070. The van der Waals surface area contributed by atoms with E-state index in [0.29, 0.717) is 15.8 Å². The summed E-state index contributed by atoms with van der Waals surface area (Å²) in [6.45, 7) is 1.44. The Labute approximate surface area is 168 Å². The van der Waals surface area contributed by atoms with E-state index >= 15 is 0 Å². The normalized spacial score (nSPS) is 9.89. The number of esters is 1. The van der Waals surface area contributed by atoms with Gasteiger partial charge in [0, 0.05) is 22.5 Å².